The van der Waals surface area contributed by atoms with Crippen molar-refractivity contribution in [3.05, 3.63) is 83.6 Å². The zero-order valence-corrected chi connectivity index (χ0v) is 16.4. The molecule has 1 heterocycles. The molecule has 0 bridgehead atoms. The van der Waals surface area contributed by atoms with Crippen LogP contribution in [-0.2, 0) is 20.0 Å². The Morgan fingerprint density at radius 2 is 1.19 bits per heavy atom. The van der Waals surface area contributed by atoms with Crippen LogP contribution in [0, 0.1) is 0 Å². The molecule has 6 nitrogen and oxygen atoms in total. The van der Waals surface area contributed by atoms with Gasteiger partial charge in [-0.3, -0.25) is 4.98 Å². The van der Waals surface area contributed by atoms with E-state index in [-0.39, 0.29) is 15.5 Å². The van der Waals surface area contributed by atoms with Crippen LogP contribution in [0.15, 0.2) is 93.4 Å². The first-order chi connectivity index (χ1) is 12.3. The highest BCUT2D eigenvalue weighted by Gasteiger charge is 2.37. The smallest absolute Gasteiger partial charge is 0.261 e. The molecule has 0 saturated heterocycles. The molecular formula is C17H13BrN2O4S2. The van der Waals surface area contributed by atoms with Crippen molar-refractivity contribution in [3.8, 4) is 0 Å². The fourth-order valence-corrected chi connectivity index (χ4v) is 6.33. The third-order valence-electron chi connectivity index (χ3n) is 3.42. The summed E-state index contributed by atoms with van der Waals surface area (Å²) < 4.78 is 53.5. The SMILES string of the molecule is O=S(=O)(c1ccccc1)N(c1cncc(Br)c1)S(=O)(=O)c1ccccc1. The van der Waals surface area contributed by atoms with E-state index in [9.17, 15) is 16.8 Å². The minimum absolute atomic E-state index is 0.0907. The summed E-state index contributed by atoms with van der Waals surface area (Å²) in [5, 5.41) is 0. The molecule has 0 saturated carbocycles. The predicted octanol–water partition coefficient (Wildman–Crippen LogP) is 3.43. The molecule has 2 aromatic carbocycles. The average molecular weight is 453 g/mol. The number of rotatable bonds is 5. The van der Waals surface area contributed by atoms with Crippen LogP contribution < -0.4 is 3.71 Å². The van der Waals surface area contributed by atoms with Gasteiger partial charge in [0.25, 0.3) is 20.0 Å². The van der Waals surface area contributed by atoms with E-state index in [4.69, 9.17) is 0 Å². The Morgan fingerprint density at radius 3 is 1.62 bits per heavy atom. The van der Waals surface area contributed by atoms with E-state index in [1.807, 2.05) is 0 Å². The molecule has 0 unspecified atom stereocenters. The van der Waals surface area contributed by atoms with Crippen LogP contribution in [0.2, 0.25) is 0 Å². The second-order valence-corrected chi connectivity index (χ2v) is 9.91. The van der Waals surface area contributed by atoms with Gasteiger partial charge in [0.1, 0.15) is 0 Å². The van der Waals surface area contributed by atoms with E-state index in [1.165, 1.54) is 67.0 Å². The third kappa shape index (κ3) is 3.50. The summed E-state index contributed by atoms with van der Waals surface area (Å²) in [6, 6.07) is 16.2. The van der Waals surface area contributed by atoms with Gasteiger partial charge in [0.15, 0.2) is 0 Å². The Kier molecular flexibility index (Phi) is 5.12. The van der Waals surface area contributed by atoms with Gasteiger partial charge < -0.3 is 0 Å². The number of pyridine rings is 1. The van der Waals surface area contributed by atoms with Crippen LogP contribution in [-0.4, -0.2) is 21.8 Å². The molecule has 1 aromatic heterocycles. The van der Waals surface area contributed by atoms with Crippen molar-refractivity contribution in [2.45, 2.75) is 9.79 Å². The Balaban J connectivity index is 2.28. The monoisotopic (exact) mass is 452 g/mol. The van der Waals surface area contributed by atoms with Crippen molar-refractivity contribution in [3.63, 3.8) is 0 Å². The summed E-state index contributed by atoms with van der Waals surface area (Å²) in [5.74, 6) is 0. The number of aromatic nitrogens is 1. The van der Waals surface area contributed by atoms with E-state index in [1.54, 1.807) is 12.1 Å². The van der Waals surface area contributed by atoms with E-state index < -0.39 is 20.0 Å². The van der Waals surface area contributed by atoms with Gasteiger partial charge in [-0.2, -0.15) is 3.71 Å². The van der Waals surface area contributed by atoms with Crippen LogP contribution in [0.4, 0.5) is 5.69 Å². The van der Waals surface area contributed by atoms with Gasteiger partial charge in [-0.15, -0.1) is 0 Å². The Bertz CT molecular complexity index is 1050. The highest BCUT2D eigenvalue weighted by atomic mass is 79.9. The first kappa shape index (κ1) is 18.6. The fraction of sp³-hybridized carbons (Fsp3) is 0. The Morgan fingerprint density at radius 1 is 0.731 bits per heavy atom. The lowest BCUT2D eigenvalue weighted by atomic mass is 10.4. The first-order valence-corrected chi connectivity index (χ1v) is 11.0. The van der Waals surface area contributed by atoms with Crippen molar-refractivity contribution in [2.75, 3.05) is 3.71 Å². The topological polar surface area (TPSA) is 84.4 Å². The van der Waals surface area contributed by atoms with Gasteiger partial charge >= 0.3 is 0 Å². The quantitative estimate of drug-likeness (QED) is 0.591. The maximum Gasteiger partial charge on any atom is 0.277 e. The molecular weight excluding hydrogens is 440 g/mol. The summed E-state index contributed by atoms with van der Waals surface area (Å²) in [7, 11) is -8.78. The molecule has 0 atom stereocenters. The van der Waals surface area contributed by atoms with Crippen LogP contribution in [0.5, 0.6) is 0 Å². The minimum atomic E-state index is -4.39. The van der Waals surface area contributed by atoms with Gasteiger partial charge in [-0.05, 0) is 46.3 Å². The summed E-state index contributed by atoms with van der Waals surface area (Å²) in [6.45, 7) is 0. The maximum absolute atomic E-state index is 13.2. The van der Waals surface area contributed by atoms with Crippen molar-refractivity contribution in [1.82, 2.24) is 4.98 Å². The average Bonchev–Trinajstić information content (AvgIpc) is 2.63. The van der Waals surface area contributed by atoms with Crippen LogP contribution >= 0.6 is 15.9 Å². The van der Waals surface area contributed by atoms with E-state index in [0.717, 1.165) is 0 Å². The molecule has 0 aliphatic carbocycles. The van der Waals surface area contributed by atoms with Gasteiger partial charge in [0.2, 0.25) is 0 Å². The standard InChI is InChI=1S/C17H13BrN2O4S2/c18-14-11-15(13-19-12-14)20(25(21,22)16-7-3-1-4-8-16)26(23,24)17-9-5-2-6-10-17/h1-13H. The molecule has 0 spiro atoms. The third-order valence-corrected chi connectivity index (χ3v) is 8.06. The second kappa shape index (κ2) is 7.18. The van der Waals surface area contributed by atoms with E-state index >= 15 is 0 Å². The summed E-state index contributed by atoms with van der Waals surface area (Å²) in [6.07, 6.45) is 2.62. The molecule has 134 valence electrons. The number of nitrogens with zero attached hydrogens (tertiary/aromatic N) is 2. The van der Waals surface area contributed by atoms with Crippen LogP contribution in [0.3, 0.4) is 0 Å². The first-order valence-electron chi connectivity index (χ1n) is 7.35. The zero-order valence-electron chi connectivity index (χ0n) is 13.2. The second-order valence-electron chi connectivity index (χ2n) is 5.19. The lowest BCUT2D eigenvalue weighted by molar-refractivity contribution is 0.584. The van der Waals surface area contributed by atoms with Crippen molar-refractivity contribution in [2.24, 2.45) is 0 Å². The molecule has 9 heteroatoms. The molecule has 3 rings (SSSR count). The number of sulfonamides is 2. The molecule has 3 aromatic rings. The van der Waals surface area contributed by atoms with Crippen molar-refractivity contribution >= 4 is 41.7 Å². The summed E-state index contributed by atoms with van der Waals surface area (Å²) in [5.41, 5.74) is -0.0907. The van der Waals surface area contributed by atoms with Crippen LogP contribution in [0.25, 0.3) is 0 Å². The lowest BCUT2D eigenvalue weighted by Crippen LogP contribution is -2.37. The molecule has 0 N–H and O–H groups in total. The number of hydrogen-bond acceptors (Lipinski definition) is 5. The molecule has 0 aliphatic rings. The fourth-order valence-electron chi connectivity index (χ4n) is 2.28. The summed E-state index contributed by atoms with van der Waals surface area (Å²) in [4.78, 5) is 3.62. The normalized spacial score (nSPS) is 11.9. The highest BCUT2D eigenvalue weighted by molar-refractivity contribution is 9.10. The largest absolute Gasteiger partial charge is 0.277 e. The highest BCUT2D eigenvalue weighted by Crippen LogP contribution is 2.31. The van der Waals surface area contributed by atoms with Gasteiger partial charge in [0.05, 0.1) is 21.7 Å². The van der Waals surface area contributed by atoms with E-state index in [0.29, 0.717) is 8.18 Å². The van der Waals surface area contributed by atoms with Gasteiger partial charge in [0, 0.05) is 10.7 Å². The molecule has 0 aliphatic heterocycles. The molecule has 26 heavy (non-hydrogen) atoms. The maximum atomic E-state index is 13.2. The summed E-state index contributed by atoms with van der Waals surface area (Å²) >= 11 is 3.20. The number of hydrogen-bond donors (Lipinski definition) is 0. The molecule has 0 fully saturated rings. The molecule has 0 amide bonds. The van der Waals surface area contributed by atoms with Crippen molar-refractivity contribution < 1.29 is 16.8 Å². The van der Waals surface area contributed by atoms with Crippen molar-refractivity contribution in [1.29, 1.82) is 0 Å². The zero-order chi connectivity index (χ0) is 18.8. The predicted molar refractivity (Wildman–Crippen MR) is 102 cm³/mol. The number of benzene rings is 2. The molecule has 0 radical (unpaired) electrons. The number of halogens is 1. The van der Waals surface area contributed by atoms with Gasteiger partial charge in [-0.1, -0.05) is 36.4 Å². The Hall–Kier alpha value is -2.23. The minimum Gasteiger partial charge on any atom is -0.261 e. The van der Waals surface area contributed by atoms with Gasteiger partial charge in [-0.25, -0.2) is 16.8 Å². The number of anilines is 1. The van der Waals surface area contributed by atoms with E-state index in [2.05, 4.69) is 20.9 Å². The Labute approximate surface area is 160 Å². The lowest BCUT2D eigenvalue weighted by Gasteiger charge is -2.24. The van der Waals surface area contributed by atoms with Crippen LogP contribution in [0.1, 0.15) is 0 Å².